The zero-order valence-electron chi connectivity index (χ0n) is 11.8. The largest absolute Gasteiger partial charge is 0.465 e. The number of carbonyl (C=O) groups is 1. The smallest absolute Gasteiger partial charge is 0.340 e. The van der Waals surface area contributed by atoms with Gasteiger partial charge < -0.3 is 15.4 Å². The number of halogens is 1. The van der Waals surface area contributed by atoms with Gasteiger partial charge in [-0.15, -0.1) is 0 Å². The second kappa shape index (κ2) is 6.45. The number of pyridine rings is 1. The molecule has 0 saturated heterocycles. The van der Waals surface area contributed by atoms with Gasteiger partial charge in [-0.25, -0.2) is 9.78 Å². The van der Waals surface area contributed by atoms with E-state index in [1.807, 2.05) is 36.2 Å². The van der Waals surface area contributed by atoms with Crippen LogP contribution in [0.15, 0.2) is 36.5 Å². The molecule has 0 atom stereocenters. The summed E-state index contributed by atoms with van der Waals surface area (Å²) in [6, 6.07) is 9.19. The lowest BCUT2D eigenvalue weighted by Crippen LogP contribution is -2.19. The number of nitrogens with zero attached hydrogens (tertiary/aromatic N) is 2. The van der Waals surface area contributed by atoms with E-state index >= 15 is 0 Å². The van der Waals surface area contributed by atoms with Gasteiger partial charge >= 0.3 is 5.97 Å². The Hall–Kier alpha value is -2.27. The molecule has 2 aromatic rings. The van der Waals surface area contributed by atoms with Gasteiger partial charge in [0, 0.05) is 18.6 Å². The van der Waals surface area contributed by atoms with E-state index in [4.69, 9.17) is 22.1 Å². The molecule has 21 heavy (non-hydrogen) atoms. The van der Waals surface area contributed by atoms with E-state index in [0.29, 0.717) is 28.6 Å². The summed E-state index contributed by atoms with van der Waals surface area (Å²) in [5.41, 5.74) is 7.38. The lowest BCUT2D eigenvalue weighted by Gasteiger charge is -2.19. The fraction of sp³-hybridized carbons (Fsp3) is 0.200. The van der Waals surface area contributed by atoms with Crippen LogP contribution in [0, 0.1) is 0 Å². The minimum Gasteiger partial charge on any atom is -0.465 e. The number of methoxy groups -OCH3 is 1. The highest BCUT2D eigenvalue weighted by molar-refractivity contribution is 6.30. The van der Waals surface area contributed by atoms with Gasteiger partial charge in [0.05, 0.1) is 24.6 Å². The molecule has 2 rings (SSSR count). The Labute approximate surface area is 128 Å². The maximum absolute atomic E-state index is 11.6. The molecule has 2 N–H and O–H groups in total. The molecule has 0 aliphatic heterocycles. The Morgan fingerprint density at radius 2 is 2.19 bits per heavy atom. The third-order valence-electron chi connectivity index (χ3n) is 3.03. The normalized spacial score (nSPS) is 10.2. The maximum Gasteiger partial charge on any atom is 0.340 e. The van der Waals surface area contributed by atoms with Crippen molar-refractivity contribution in [1.82, 2.24) is 4.98 Å². The van der Waals surface area contributed by atoms with Crippen molar-refractivity contribution in [1.29, 1.82) is 0 Å². The van der Waals surface area contributed by atoms with Crippen LogP contribution in [0.5, 0.6) is 0 Å². The van der Waals surface area contributed by atoms with Crippen LogP contribution in [0.4, 0.5) is 11.5 Å². The van der Waals surface area contributed by atoms with Gasteiger partial charge in [0.25, 0.3) is 0 Å². The van der Waals surface area contributed by atoms with Crippen LogP contribution >= 0.6 is 11.6 Å². The Bertz CT molecular complexity index is 661. The molecule has 5 nitrogen and oxygen atoms in total. The molecule has 0 fully saturated rings. The second-order valence-electron chi connectivity index (χ2n) is 4.61. The van der Waals surface area contributed by atoms with Crippen molar-refractivity contribution in [3.05, 3.63) is 52.7 Å². The molecule has 6 heteroatoms. The highest BCUT2D eigenvalue weighted by Crippen LogP contribution is 2.20. The predicted molar refractivity (Wildman–Crippen MR) is 83.5 cm³/mol. The molecule has 1 aromatic heterocycles. The van der Waals surface area contributed by atoms with Crippen molar-refractivity contribution in [2.45, 2.75) is 6.54 Å². The van der Waals surface area contributed by atoms with Gasteiger partial charge in [-0.2, -0.15) is 0 Å². The summed E-state index contributed by atoms with van der Waals surface area (Å²) < 4.78 is 4.70. The molecule has 110 valence electrons. The van der Waals surface area contributed by atoms with Crippen molar-refractivity contribution in [3.63, 3.8) is 0 Å². The lowest BCUT2D eigenvalue weighted by atomic mass is 10.2. The number of nitrogens with two attached hydrogens (primary N) is 1. The monoisotopic (exact) mass is 305 g/mol. The number of benzene rings is 1. The van der Waals surface area contributed by atoms with Crippen LogP contribution in [0.25, 0.3) is 0 Å². The SMILES string of the molecule is COC(=O)c1cc(N(C)Cc2cccc(Cl)c2)ncc1N. The number of rotatable bonds is 4. The highest BCUT2D eigenvalue weighted by atomic mass is 35.5. The first-order chi connectivity index (χ1) is 10.0. The van der Waals surface area contributed by atoms with E-state index in [1.165, 1.54) is 13.3 Å². The van der Waals surface area contributed by atoms with Gasteiger partial charge in [-0.05, 0) is 23.8 Å². The number of hydrogen-bond donors (Lipinski definition) is 1. The van der Waals surface area contributed by atoms with Crippen molar-refractivity contribution < 1.29 is 9.53 Å². The Morgan fingerprint density at radius 3 is 2.86 bits per heavy atom. The van der Waals surface area contributed by atoms with Gasteiger partial charge in [0.2, 0.25) is 0 Å². The number of anilines is 2. The summed E-state index contributed by atoms with van der Waals surface area (Å²) in [6.07, 6.45) is 1.45. The number of carbonyl (C=O) groups excluding carboxylic acids is 1. The summed E-state index contributed by atoms with van der Waals surface area (Å²) in [6.45, 7) is 0.609. The van der Waals surface area contributed by atoms with Crippen LogP contribution in [0.2, 0.25) is 5.02 Å². The third kappa shape index (κ3) is 3.64. The Balaban J connectivity index is 2.23. The molecule has 1 heterocycles. The first-order valence-electron chi connectivity index (χ1n) is 6.30. The first-order valence-corrected chi connectivity index (χ1v) is 6.68. The van der Waals surface area contributed by atoms with Gasteiger partial charge in [-0.1, -0.05) is 23.7 Å². The minimum atomic E-state index is -0.479. The molecule has 0 aliphatic rings. The average Bonchev–Trinajstić information content (AvgIpc) is 2.47. The van der Waals surface area contributed by atoms with E-state index < -0.39 is 5.97 Å². The van der Waals surface area contributed by atoms with Crippen LogP contribution in [0.1, 0.15) is 15.9 Å². The van der Waals surface area contributed by atoms with Crippen molar-refractivity contribution in [2.24, 2.45) is 0 Å². The molecule has 0 amide bonds. The molecule has 0 bridgehead atoms. The highest BCUT2D eigenvalue weighted by Gasteiger charge is 2.13. The number of esters is 1. The third-order valence-corrected chi connectivity index (χ3v) is 3.26. The van der Waals surface area contributed by atoms with Gasteiger partial charge in [0.15, 0.2) is 0 Å². The molecule has 0 saturated carbocycles. The fourth-order valence-electron chi connectivity index (χ4n) is 1.94. The number of nitrogen functional groups attached to an aromatic ring is 1. The van der Waals surface area contributed by atoms with Crippen LogP contribution in [-0.4, -0.2) is 25.1 Å². The van der Waals surface area contributed by atoms with Crippen molar-refractivity contribution in [3.8, 4) is 0 Å². The summed E-state index contributed by atoms with van der Waals surface area (Å²) >= 11 is 5.97. The zero-order valence-corrected chi connectivity index (χ0v) is 12.6. The quantitative estimate of drug-likeness (QED) is 0.880. The summed E-state index contributed by atoms with van der Waals surface area (Å²) in [5.74, 6) is 0.150. The van der Waals surface area contributed by atoms with E-state index in [2.05, 4.69) is 4.98 Å². The lowest BCUT2D eigenvalue weighted by molar-refractivity contribution is 0.0602. The molecule has 0 unspecified atom stereocenters. The zero-order chi connectivity index (χ0) is 15.4. The van der Waals surface area contributed by atoms with E-state index in [9.17, 15) is 4.79 Å². The molecular formula is C15H16ClN3O2. The molecular weight excluding hydrogens is 290 g/mol. The molecule has 1 aromatic carbocycles. The fourth-order valence-corrected chi connectivity index (χ4v) is 2.15. The Morgan fingerprint density at radius 1 is 1.43 bits per heavy atom. The van der Waals surface area contributed by atoms with E-state index in [0.717, 1.165) is 5.56 Å². The Kier molecular flexibility index (Phi) is 4.65. The van der Waals surface area contributed by atoms with Crippen molar-refractivity contribution in [2.75, 3.05) is 24.8 Å². The standard InChI is InChI=1S/C15H16ClN3O2/c1-19(9-10-4-3-5-11(16)6-10)14-7-12(15(20)21-2)13(17)8-18-14/h3-8H,9,17H2,1-2H3. The minimum absolute atomic E-state index is 0.293. The number of aromatic nitrogens is 1. The molecule has 0 aliphatic carbocycles. The summed E-state index contributed by atoms with van der Waals surface area (Å²) in [5, 5.41) is 0.682. The van der Waals surface area contributed by atoms with Crippen LogP contribution < -0.4 is 10.6 Å². The second-order valence-corrected chi connectivity index (χ2v) is 5.04. The summed E-state index contributed by atoms with van der Waals surface area (Å²) in [4.78, 5) is 17.8. The van der Waals surface area contributed by atoms with Gasteiger partial charge in [-0.3, -0.25) is 0 Å². The van der Waals surface area contributed by atoms with Gasteiger partial charge in [0.1, 0.15) is 5.82 Å². The predicted octanol–water partition coefficient (Wildman–Crippen LogP) is 2.74. The average molecular weight is 306 g/mol. The number of ether oxygens (including phenoxy) is 1. The topological polar surface area (TPSA) is 68.5 Å². The molecule has 0 spiro atoms. The van der Waals surface area contributed by atoms with Crippen LogP contribution in [-0.2, 0) is 11.3 Å². The maximum atomic E-state index is 11.6. The van der Waals surface area contributed by atoms with E-state index in [-0.39, 0.29) is 0 Å². The number of hydrogen-bond acceptors (Lipinski definition) is 5. The van der Waals surface area contributed by atoms with Crippen LogP contribution in [0.3, 0.4) is 0 Å². The first kappa shape index (κ1) is 15.1. The molecule has 0 radical (unpaired) electrons. The van der Waals surface area contributed by atoms with E-state index in [1.54, 1.807) is 6.07 Å². The van der Waals surface area contributed by atoms with Crippen molar-refractivity contribution >= 4 is 29.1 Å². The summed E-state index contributed by atoms with van der Waals surface area (Å²) in [7, 11) is 3.19.